The van der Waals surface area contributed by atoms with E-state index in [0.29, 0.717) is 12.1 Å². The third kappa shape index (κ3) is 4.76. The van der Waals surface area contributed by atoms with Crippen molar-refractivity contribution in [2.75, 3.05) is 6.54 Å². The van der Waals surface area contributed by atoms with Crippen LogP contribution >= 0.6 is 11.6 Å². The van der Waals surface area contributed by atoms with Gasteiger partial charge >= 0.3 is 0 Å². The van der Waals surface area contributed by atoms with Crippen LogP contribution in [0.15, 0.2) is 97.3 Å². The van der Waals surface area contributed by atoms with Gasteiger partial charge in [-0.05, 0) is 47.9 Å². The number of aromatic nitrogens is 3. The summed E-state index contributed by atoms with van der Waals surface area (Å²) in [6.45, 7) is 0.659. The molecule has 5 aromatic rings. The summed E-state index contributed by atoms with van der Waals surface area (Å²) in [5.41, 5.74) is 5.39. The number of halogens is 1. The topological polar surface area (TPSA) is 70.7 Å². The number of nitrogens with one attached hydrogen (secondary N) is 2. The van der Waals surface area contributed by atoms with Crippen molar-refractivity contribution < 1.29 is 4.79 Å². The molecule has 0 saturated carbocycles. The summed E-state index contributed by atoms with van der Waals surface area (Å²) in [5, 5.41) is 13.2. The molecule has 2 aromatic heterocycles. The molecule has 0 spiro atoms. The van der Waals surface area contributed by atoms with Gasteiger partial charge < -0.3 is 10.3 Å². The molecule has 0 aliphatic carbocycles. The van der Waals surface area contributed by atoms with E-state index in [1.807, 2.05) is 84.9 Å². The molecule has 34 heavy (non-hydrogen) atoms. The Balaban J connectivity index is 1.40. The van der Waals surface area contributed by atoms with E-state index in [0.717, 1.165) is 39.2 Å². The van der Waals surface area contributed by atoms with E-state index in [9.17, 15) is 4.79 Å². The van der Waals surface area contributed by atoms with Crippen LogP contribution in [0.25, 0.3) is 22.2 Å². The number of fused-ring (bicyclic) bond motifs is 1. The molecule has 0 radical (unpaired) electrons. The second-order valence-corrected chi connectivity index (χ2v) is 8.55. The summed E-state index contributed by atoms with van der Waals surface area (Å²) in [7, 11) is 0. The maximum Gasteiger partial charge on any atom is 0.186 e. The second-order valence-electron chi connectivity index (χ2n) is 8.11. The Hall–Kier alpha value is -3.80. The first kappa shape index (κ1) is 22.0. The van der Waals surface area contributed by atoms with Gasteiger partial charge in [0, 0.05) is 46.0 Å². The third-order valence-corrected chi connectivity index (χ3v) is 6.14. The molecule has 1 unspecified atom stereocenters. The highest BCUT2D eigenvalue weighted by Gasteiger charge is 2.24. The monoisotopic (exact) mass is 466 g/mol. The molecule has 0 amide bonds. The van der Waals surface area contributed by atoms with Crippen molar-refractivity contribution in [3.05, 3.63) is 119 Å². The number of carbonyl (C=O) groups is 1. The summed E-state index contributed by atoms with van der Waals surface area (Å²) >= 11 is 6.00. The van der Waals surface area contributed by atoms with Gasteiger partial charge in [-0.2, -0.15) is 10.2 Å². The molecule has 0 saturated heterocycles. The predicted molar refractivity (Wildman–Crippen MR) is 136 cm³/mol. The van der Waals surface area contributed by atoms with Gasteiger partial charge in [0.2, 0.25) is 0 Å². The lowest BCUT2D eigenvalue weighted by Crippen LogP contribution is -2.30. The van der Waals surface area contributed by atoms with Gasteiger partial charge in [-0.1, -0.05) is 66.2 Å². The molecule has 0 fully saturated rings. The van der Waals surface area contributed by atoms with E-state index in [1.54, 1.807) is 12.4 Å². The minimum absolute atomic E-state index is 0.0285. The van der Waals surface area contributed by atoms with Crippen molar-refractivity contribution >= 4 is 28.3 Å². The first-order chi connectivity index (χ1) is 16.7. The van der Waals surface area contributed by atoms with Crippen molar-refractivity contribution in [3.8, 4) is 11.3 Å². The SMILES string of the molecule is O=C(c1c[nH]c2cc(-c3cccnn3)ccc12)C(NCCc1ccc(Cl)cc1)c1ccccc1. The number of aromatic amines is 1. The molecule has 2 heterocycles. The zero-order valence-electron chi connectivity index (χ0n) is 18.4. The highest BCUT2D eigenvalue weighted by Crippen LogP contribution is 2.28. The first-order valence-electron chi connectivity index (χ1n) is 11.2. The van der Waals surface area contributed by atoms with Gasteiger partial charge in [0.15, 0.2) is 5.78 Å². The third-order valence-electron chi connectivity index (χ3n) is 5.89. The van der Waals surface area contributed by atoms with Crippen LogP contribution in [-0.4, -0.2) is 27.5 Å². The molecule has 0 bridgehead atoms. The van der Waals surface area contributed by atoms with E-state index in [2.05, 4.69) is 20.5 Å². The maximum absolute atomic E-state index is 13.7. The summed E-state index contributed by atoms with van der Waals surface area (Å²) in [4.78, 5) is 17.0. The highest BCUT2D eigenvalue weighted by atomic mass is 35.5. The average Bonchev–Trinajstić information content (AvgIpc) is 3.32. The molecule has 168 valence electrons. The number of carbonyl (C=O) groups excluding carboxylic acids is 1. The Morgan fingerprint density at radius 3 is 2.56 bits per heavy atom. The van der Waals surface area contributed by atoms with Crippen LogP contribution in [0.5, 0.6) is 0 Å². The van der Waals surface area contributed by atoms with Gasteiger partial charge in [0.25, 0.3) is 0 Å². The number of benzene rings is 3. The lowest BCUT2D eigenvalue weighted by molar-refractivity contribution is 0.0945. The van der Waals surface area contributed by atoms with Crippen LogP contribution in [0.2, 0.25) is 5.02 Å². The molecule has 0 aliphatic rings. The standard InChI is InChI=1S/C28H23ClN4O/c29-22-11-8-19(9-12-22)14-16-30-27(20-5-2-1-3-6-20)28(34)24-18-31-26-17-21(10-13-23(24)26)25-7-4-15-32-33-25/h1-13,15,17-18,27,30-31H,14,16H2. The fourth-order valence-electron chi connectivity index (χ4n) is 4.12. The van der Waals surface area contributed by atoms with Crippen LogP contribution in [0.1, 0.15) is 27.5 Å². The fraction of sp³-hybridized carbons (Fsp3) is 0.107. The number of H-pyrrole nitrogens is 1. The number of ketones is 1. The minimum atomic E-state index is -0.452. The summed E-state index contributed by atoms with van der Waals surface area (Å²) in [6.07, 6.45) is 4.24. The average molecular weight is 467 g/mol. The van der Waals surface area contributed by atoms with Gasteiger partial charge in [0.05, 0.1) is 11.7 Å². The number of rotatable bonds is 8. The maximum atomic E-state index is 13.7. The normalized spacial score (nSPS) is 12.0. The zero-order chi connectivity index (χ0) is 23.3. The quantitative estimate of drug-likeness (QED) is 0.274. The van der Waals surface area contributed by atoms with Gasteiger partial charge in [0.1, 0.15) is 0 Å². The lowest BCUT2D eigenvalue weighted by Gasteiger charge is -2.18. The van der Waals surface area contributed by atoms with Crippen LogP contribution in [0.3, 0.4) is 0 Å². The fourth-order valence-corrected chi connectivity index (χ4v) is 4.25. The van der Waals surface area contributed by atoms with E-state index < -0.39 is 6.04 Å². The highest BCUT2D eigenvalue weighted by molar-refractivity contribution is 6.30. The lowest BCUT2D eigenvalue weighted by atomic mass is 9.96. The minimum Gasteiger partial charge on any atom is -0.360 e. The molecular weight excluding hydrogens is 444 g/mol. The largest absolute Gasteiger partial charge is 0.360 e. The number of nitrogens with zero attached hydrogens (tertiary/aromatic N) is 2. The Morgan fingerprint density at radius 2 is 1.79 bits per heavy atom. The second kappa shape index (κ2) is 10.00. The zero-order valence-corrected chi connectivity index (χ0v) is 19.2. The summed E-state index contributed by atoms with van der Waals surface area (Å²) < 4.78 is 0. The molecule has 1 atom stereocenters. The van der Waals surface area contributed by atoms with Gasteiger partial charge in [-0.3, -0.25) is 4.79 Å². The van der Waals surface area contributed by atoms with E-state index in [-0.39, 0.29) is 5.78 Å². The Labute approximate surface area is 202 Å². The number of hydrogen-bond acceptors (Lipinski definition) is 4. The summed E-state index contributed by atoms with van der Waals surface area (Å²) in [6, 6.07) is 26.9. The predicted octanol–water partition coefficient (Wildman–Crippen LogP) is 6.03. The number of Topliss-reactive ketones (excluding diaryl/α,β-unsaturated/α-hetero) is 1. The molecule has 5 rings (SSSR count). The van der Waals surface area contributed by atoms with Crippen LogP contribution < -0.4 is 5.32 Å². The number of hydrogen-bond donors (Lipinski definition) is 2. The smallest absolute Gasteiger partial charge is 0.186 e. The molecule has 6 heteroatoms. The van der Waals surface area contributed by atoms with Crippen molar-refractivity contribution in [2.24, 2.45) is 0 Å². The molecular formula is C28H23ClN4O. The van der Waals surface area contributed by atoms with Crippen LogP contribution in [-0.2, 0) is 6.42 Å². The Kier molecular flexibility index (Phi) is 6.47. The van der Waals surface area contributed by atoms with Crippen LogP contribution in [0.4, 0.5) is 0 Å². The van der Waals surface area contributed by atoms with Crippen molar-refractivity contribution in [1.82, 2.24) is 20.5 Å². The van der Waals surface area contributed by atoms with E-state index in [4.69, 9.17) is 11.6 Å². The van der Waals surface area contributed by atoms with E-state index in [1.165, 1.54) is 5.56 Å². The van der Waals surface area contributed by atoms with Gasteiger partial charge in [-0.25, -0.2) is 0 Å². The Morgan fingerprint density at radius 1 is 0.971 bits per heavy atom. The molecule has 0 aliphatic heterocycles. The van der Waals surface area contributed by atoms with Crippen molar-refractivity contribution in [3.63, 3.8) is 0 Å². The van der Waals surface area contributed by atoms with E-state index >= 15 is 0 Å². The van der Waals surface area contributed by atoms with Crippen molar-refractivity contribution in [2.45, 2.75) is 12.5 Å². The molecule has 3 aromatic carbocycles. The molecule has 2 N–H and O–H groups in total. The Bertz CT molecular complexity index is 1400. The molecule has 5 nitrogen and oxygen atoms in total. The van der Waals surface area contributed by atoms with Gasteiger partial charge in [-0.15, -0.1) is 0 Å². The first-order valence-corrected chi connectivity index (χ1v) is 11.5. The summed E-state index contributed by atoms with van der Waals surface area (Å²) in [5.74, 6) is 0.0285. The van der Waals surface area contributed by atoms with Crippen molar-refractivity contribution in [1.29, 1.82) is 0 Å². The van der Waals surface area contributed by atoms with Crippen LogP contribution in [0, 0.1) is 0 Å².